The molecule has 1 unspecified atom stereocenters. The highest BCUT2D eigenvalue weighted by Crippen LogP contribution is 2.27. The number of nitrogen functional groups attached to an aromatic ring is 1. The Hall–Kier alpha value is -1.89. The van der Waals surface area contributed by atoms with E-state index in [4.69, 9.17) is 17.3 Å². The maximum atomic E-state index is 13.1. The summed E-state index contributed by atoms with van der Waals surface area (Å²) in [6.07, 6.45) is -0.354. The van der Waals surface area contributed by atoms with Crippen LogP contribution in [0.1, 0.15) is 23.7 Å². The molecule has 1 heterocycles. The summed E-state index contributed by atoms with van der Waals surface area (Å²) in [6, 6.07) is 3.42. The molecule has 0 saturated carbocycles. The van der Waals surface area contributed by atoms with Crippen LogP contribution in [0.15, 0.2) is 18.2 Å². The van der Waals surface area contributed by atoms with Crippen LogP contribution in [0.2, 0.25) is 5.02 Å². The van der Waals surface area contributed by atoms with Gasteiger partial charge in [0.2, 0.25) is 5.91 Å². The summed E-state index contributed by atoms with van der Waals surface area (Å²) in [6.45, 7) is 0.828. The molecule has 22 heavy (non-hydrogen) atoms. The molecule has 5 nitrogen and oxygen atoms in total. The van der Waals surface area contributed by atoms with Gasteiger partial charge in [-0.1, -0.05) is 11.6 Å². The van der Waals surface area contributed by atoms with Gasteiger partial charge in [0.1, 0.15) is 6.04 Å². The number of carbonyl (C=O) groups is 2. The Balaban J connectivity index is 1.99. The fraction of sp³-hybridized carbons (Fsp3) is 0.429. The van der Waals surface area contributed by atoms with Crippen molar-refractivity contribution in [1.82, 2.24) is 10.2 Å². The van der Waals surface area contributed by atoms with Crippen LogP contribution in [0.3, 0.4) is 0 Å². The maximum Gasteiger partial charge on any atom is 0.267 e. The molecule has 3 N–H and O–H groups in total. The molecule has 2 amide bonds. The third-order valence-corrected chi connectivity index (χ3v) is 3.79. The summed E-state index contributed by atoms with van der Waals surface area (Å²) >= 11 is 5.83. The quantitative estimate of drug-likeness (QED) is 0.831. The van der Waals surface area contributed by atoms with Crippen LogP contribution in [0, 0.1) is 0 Å². The number of benzene rings is 1. The minimum Gasteiger partial charge on any atom is -0.398 e. The van der Waals surface area contributed by atoms with Crippen LogP contribution < -0.4 is 11.1 Å². The van der Waals surface area contributed by atoms with E-state index in [0.717, 1.165) is 4.90 Å². The van der Waals surface area contributed by atoms with Crippen molar-refractivity contribution in [1.29, 1.82) is 0 Å². The molecule has 0 radical (unpaired) electrons. The molecule has 120 valence electrons. The van der Waals surface area contributed by atoms with Crippen LogP contribution in [0.4, 0.5) is 14.5 Å². The highest BCUT2D eigenvalue weighted by molar-refractivity contribution is 6.33. The SMILES string of the molecule is CC(NC(=O)c1ccc(N)c(Cl)c1)C(=O)N1CCC(F)(F)C1. The van der Waals surface area contributed by atoms with E-state index in [1.807, 2.05) is 0 Å². The number of hydrogen-bond donors (Lipinski definition) is 2. The molecule has 1 atom stereocenters. The van der Waals surface area contributed by atoms with Crippen LogP contribution in [-0.4, -0.2) is 41.8 Å². The van der Waals surface area contributed by atoms with E-state index >= 15 is 0 Å². The van der Waals surface area contributed by atoms with Gasteiger partial charge < -0.3 is 16.0 Å². The summed E-state index contributed by atoms with van der Waals surface area (Å²) in [5.41, 5.74) is 6.13. The molecular formula is C14H16ClF2N3O2. The monoisotopic (exact) mass is 331 g/mol. The number of nitrogens with one attached hydrogen (secondary N) is 1. The maximum absolute atomic E-state index is 13.1. The lowest BCUT2D eigenvalue weighted by atomic mass is 10.1. The van der Waals surface area contributed by atoms with Gasteiger partial charge in [-0.25, -0.2) is 8.78 Å². The van der Waals surface area contributed by atoms with Gasteiger partial charge in [-0.05, 0) is 25.1 Å². The van der Waals surface area contributed by atoms with Crippen LogP contribution in [-0.2, 0) is 4.79 Å². The van der Waals surface area contributed by atoms with Gasteiger partial charge in [0, 0.05) is 18.5 Å². The second kappa shape index (κ2) is 6.08. The van der Waals surface area contributed by atoms with Gasteiger partial charge in [-0.15, -0.1) is 0 Å². The number of likely N-dealkylation sites (tertiary alicyclic amines) is 1. The number of carbonyl (C=O) groups excluding carboxylic acids is 2. The largest absolute Gasteiger partial charge is 0.398 e. The predicted octanol–water partition coefficient (Wildman–Crippen LogP) is 1.91. The molecule has 0 aliphatic carbocycles. The summed E-state index contributed by atoms with van der Waals surface area (Å²) in [4.78, 5) is 25.1. The van der Waals surface area contributed by atoms with Gasteiger partial charge in [-0.2, -0.15) is 0 Å². The minimum absolute atomic E-state index is 0.0141. The number of halogens is 3. The Kier molecular flexibility index (Phi) is 4.55. The van der Waals surface area contributed by atoms with Crippen molar-refractivity contribution in [3.8, 4) is 0 Å². The third-order valence-electron chi connectivity index (χ3n) is 3.46. The number of amides is 2. The number of nitrogens with two attached hydrogens (primary N) is 1. The fourth-order valence-electron chi connectivity index (χ4n) is 2.21. The Morgan fingerprint density at radius 2 is 2.14 bits per heavy atom. The molecule has 2 rings (SSSR count). The molecule has 1 fully saturated rings. The Morgan fingerprint density at radius 1 is 1.45 bits per heavy atom. The average molecular weight is 332 g/mol. The Labute approximate surface area is 131 Å². The molecule has 1 aliphatic rings. The molecule has 8 heteroatoms. The molecule has 1 saturated heterocycles. The normalized spacial score (nSPS) is 18.1. The lowest BCUT2D eigenvalue weighted by Crippen LogP contribution is -2.46. The first-order valence-corrected chi connectivity index (χ1v) is 7.10. The first-order chi connectivity index (χ1) is 10.2. The van der Waals surface area contributed by atoms with Crippen LogP contribution in [0.25, 0.3) is 0 Å². The molecule has 0 aromatic heterocycles. The number of alkyl halides is 2. The first-order valence-electron chi connectivity index (χ1n) is 6.72. The molecular weight excluding hydrogens is 316 g/mol. The van der Waals surface area contributed by atoms with Gasteiger partial charge >= 0.3 is 0 Å². The Bertz CT molecular complexity index is 610. The highest BCUT2D eigenvalue weighted by Gasteiger charge is 2.41. The van der Waals surface area contributed by atoms with Crippen molar-refractivity contribution in [3.63, 3.8) is 0 Å². The number of nitrogens with zero attached hydrogens (tertiary/aromatic N) is 1. The smallest absolute Gasteiger partial charge is 0.267 e. The standard InChI is InChI=1S/C14H16ClF2N3O2/c1-8(13(22)20-5-4-14(16,17)7-20)19-12(21)9-2-3-11(18)10(15)6-9/h2-3,6,8H,4-5,7,18H2,1H3,(H,19,21). The second-order valence-electron chi connectivity index (χ2n) is 5.30. The number of anilines is 1. The molecule has 1 aliphatic heterocycles. The lowest BCUT2D eigenvalue weighted by Gasteiger charge is -2.21. The van der Waals surface area contributed by atoms with E-state index < -0.39 is 30.3 Å². The highest BCUT2D eigenvalue weighted by atomic mass is 35.5. The van der Waals surface area contributed by atoms with Gasteiger partial charge in [0.05, 0.1) is 17.3 Å². The molecule has 1 aromatic rings. The zero-order valence-corrected chi connectivity index (χ0v) is 12.7. The zero-order valence-electron chi connectivity index (χ0n) is 11.9. The average Bonchev–Trinajstić information content (AvgIpc) is 2.81. The van der Waals surface area contributed by atoms with Crippen LogP contribution >= 0.6 is 11.6 Å². The van der Waals surface area contributed by atoms with Gasteiger partial charge in [0.25, 0.3) is 11.8 Å². The van der Waals surface area contributed by atoms with E-state index in [2.05, 4.69) is 5.32 Å². The van der Waals surface area contributed by atoms with E-state index in [-0.39, 0.29) is 23.6 Å². The van der Waals surface area contributed by atoms with Crippen molar-refractivity contribution in [2.45, 2.75) is 25.3 Å². The molecule has 0 bridgehead atoms. The molecule has 1 aromatic carbocycles. The second-order valence-corrected chi connectivity index (χ2v) is 5.70. The summed E-state index contributed by atoms with van der Waals surface area (Å²) in [5.74, 6) is -3.91. The lowest BCUT2D eigenvalue weighted by molar-refractivity contribution is -0.133. The predicted molar refractivity (Wildman–Crippen MR) is 78.9 cm³/mol. The van der Waals surface area contributed by atoms with Crippen molar-refractivity contribution in [2.24, 2.45) is 0 Å². The van der Waals surface area contributed by atoms with Crippen molar-refractivity contribution in [2.75, 3.05) is 18.8 Å². The molecule has 0 spiro atoms. The van der Waals surface area contributed by atoms with Gasteiger partial charge in [-0.3, -0.25) is 9.59 Å². The zero-order chi connectivity index (χ0) is 16.5. The van der Waals surface area contributed by atoms with Gasteiger partial charge in [0.15, 0.2) is 0 Å². The number of hydrogen-bond acceptors (Lipinski definition) is 3. The van der Waals surface area contributed by atoms with E-state index in [0.29, 0.717) is 5.69 Å². The van der Waals surface area contributed by atoms with Crippen molar-refractivity contribution < 1.29 is 18.4 Å². The van der Waals surface area contributed by atoms with E-state index in [1.165, 1.54) is 25.1 Å². The van der Waals surface area contributed by atoms with Crippen molar-refractivity contribution in [3.05, 3.63) is 28.8 Å². The summed E-state index contributed by atoms with van der Waals surface area (Å²) in [5, 5.41) is 2.70. The summed E-state index contributed by atoms with van der Waals surface area (Å²) in [7, 11) is 0. The third kappa shape index (κ3) is 3.65. The Morgan fingerprint density at radius 3 is 2.68 bits per heavy atom. The van der Waals surface area contributed by atoms with Crippen LogP contribution in [0.5, 0.6) is 0 Å². The fourth-order valence-corrected chi connectivity index (χ4v) is 2.39. The van der Waals surface area contributed by atoms with E-state index in [9.17, 15) is 18.4 Å². The topological polar surface area (TPSA) is 75.4 Å². The van der Waals surface area contributed by atoms with Crippen molar-refractivity contribution >= 4 is 29.1 Å². The van der Waals surface area contributed by atoms with E-state index in [1.54, 1.807) is 0 Å². The summed E-state index contributed by atoms with van der Waals surface area (Å²) < 4.78 is 26.2. The minimum atomic E-state index is -2.86. The first kappa shape index (κ1) is 16.5. The number of rotatable bonds is 3.